The number of nitrogen functional groups attached to an aromatic ring is 1. The molecular formula is C11H14N4S. The van der Waals surface area contributed by atoms with Gasteiger partial charge in [-0.3, -0.25) is 4.57 Å². The standard InChI is InChI=1S/C11H14N4S/c1-2-9(8-6-4-3-5-7-8)15-10(12)13-14-11(15)16/h3-7,9H,2H2,1H3,(H2,12,13)(H,14,16). The van der Waals surface area contributed by atoms with Gasteiger partial charge in [-0.25, -0.2) is 5.10 Å². The number of rotatable bonds is 3. The number of H-pyrrole nitrogens is 1. The van der Waals surface area contributed by atoms with E-state index in [0.29, 0.717) is 10.7 Å². The highest BCUT2D eigenvalue weighted by atomic mass is 32.1. The van der Waals surface area contributed by atoms with Gasteiger partial charge in [0.25, 0.3) is 0 Å². The van der Waals surface area contributed by atoms with Gasteiger partial charge in [0, 0.05) is 0 Å². The number of aromatic nitrogens is 3. The number of hydrogen-bond donors (Lipinski definition) is 2. The minimum Gasteiger partial charge on any atom is -0.368 e. The molecule has 0 bridgehead atoms. The maximum atomic E-state index is 5.81. The average Bonchev–Trinajstić information content (AvgIpc) is 2.63. The normalized spacial score (nSPS) is 12.6. The van der Waals surface area contributed by atoms with Gasteiger partial charge in [0.05, 0.1) is 6.04 Å². The second-order valence-electron chi connectivity index (χ2n) is 3.59. The van der Waals surface area contributed by atoms with Crippen LogP contribution in [0.3, 0.4) is 0 Å². The van der Waals surface area contributed by atoms with E-state index < -0.39 is 0 Å². The first-order chi connectivity index (χ1) is 7.74. The van der Waals surface area contributed by atoms with Crippen LogP contribution in [0.5, 0.6) is 0 Å². The van der Waals surface area contributed by atoms with Gasteiger partial charge in [0.2, 0.25) is 5.95 Å². The lowest BCUT2D eigenvalue weighted by Gasteiger charge is -2.17. The maximum Gasteiger partial charge on any atom is 0.221 e. The topological polar surface area (TPSA) is 59.6 Å². The van der Waals surface area contributed by atoms with E-state index in [1.807, 2.05) is 22.8 Å². The van der Waals surface area contributed by atoms with Crippen LogP contribution < -0.4 is 5.73 Å². The van der Waals surface area contributed by atoms with Crippen LogP contribution >= 0.6 is 12.2 Å². The molecule has 1 aromatic heterocycles. The minimum absolute atomic E-state index is 0.146. The molecule has 1 unspecified atom stereocenters. The lowest BCUT2D eigenvalue weighted by molar-refractivity contribution is 0.566. The first-order valence-electron chi connectivity index (χ1n) is 5.21. The molecule has 0 spiro atoms. The zero-order chi connectivity index (χ0) is 11.5. The number of benzene rings is 1. The average molecular weight is 234 g/mol. The van der Waals surface area contributed by atoms with Crippen LogP contribution in [0.15, 0.2) is 30.3 Å². The summed E-state index contributed by atoms with van der Waals surface area (Å²) in [5, 5.41) is 6.65. The predicted molar refractivity (Wildman–Crippen MR) is 66.7 cm³/mol. The largest absolute Gasteiger partial charge is 0.368 e. The summed E-state index contributed by atoms with van der Waals surface area (Å²) in [4.78, 5) is 0. The number of hydrogen-bond acceptors (Lipinski definition) is 3. The van der Waals surface area contributed by atoms with Crippen LogP contribution in [-0.2, 0) is 0 Å². The number of nitrogens with two attached hydrogens (primary N) is 1. The number of nitrogens with one attached hydrogen (secondary N) is 1. The maximum absolute atomic E-state index is 5.81. The van der Waals surface area contributed by atoms with Crippen molar-refractivity contribution in [2.24, 2.45) is 0 Å². The molecule has 4 nitrogen and oxygen atoms in total. The van der Waals surface area contributed by atoms with Crippen LogP contribution in [0.2, 0.25) is 0 Å². The third kappa shape index (κ3) is 1.86. The monoisotopic (exact) mass is 234 g/mol. The molecule has 0 amide bonds. The van der Waals surface area contributed by atoms with Crippen LogP contribution in [0, 0.1) is 4.77 Å². The zero-order valence-electron chi connectivity index (χ0n) is 9.05. The van der Waals surface area contributed by atoms with E-state index in [1.54, 1.807) is 0 Å². The van der Waals surface area contributed by atoms with E-state index in [2.05, 4.69) is 29.3 Å². The van der Waals surface area contributed by atoms with Gasteiger partial charge in [-0.1, -0.05) is 37.3 Å². The summed E-state index contributed by atoms with van der Waals surface area (Å²) in [5.41, 5.74) is 7.00. The van der Waals surface area contributed by atoms with Gasteiger partial charge in [-0.15, -0.1) is 5.10 Å². The van der Waals surface area contributed by atoms with Gasteiger partial charge in [-0.2, -0.15) is 0 Å². The lowest BCUT2D eigenvalue weighted by atomic mass is 10.0. The molecule has 5 heteroatoms. The van der Waals surface area contributed by atoms with Crippen molar-refractivity contribution in [3.63, 3.8) is 0 Å². The third-order valence-electron chi connectivity index (χ3n) is 2.61. The van der Waals surface area contributed by atoms with Crippen LogP contribution in [0.4, 0.5) is 5.95 Å². The van der Waals surface area contributed by atoms with E-state index in [0.717, 1.165) is 6.42 Å². The highest BCUT2D eigenvalue weighted by Gasteiger charge is 2.15. The molecule has 0 aliphatic heterocycles. The zero-order valence-corrected chi connectivity index (χ0v) is 9.87. The Hall–Kier alpha value is -1.62. The Morgan fingerprint density at radius 2 is 2.12 bits per heavy atom. The van der Waals surface area contributed by atoms with Crippen LogP contribution in [0.25, 0.3) is 0 Å². The molecule has 16 heavy (non-hydrogen) atoms. The number of aromatic amines is 1. The van der Waals surface area contributed by atoms with Crippen molar-refractivity contribution >= 4 is 18.2 Å². The second-order valence-corrected chi connectivity index (χ2v) is 3.98. The fraction of sp³-hybridized carbons (Fsp3) is 0.273. The summed E-state index contributed by atoms with van der Waals surface area (Å²) < 4.78 is 2.42. The minimum atomic E-state index is 0.146. The van der Waals surface area contributed by atoms with Crippen molar-refractivity contribution in [2.75, 3.05) is 5.73 Å². The molecule has 84 valence electrons. The molecule has 0 fully saturated rings. The molecule has 0 aliphatic carbocycles. The van der Waals surface area contributed by atoms with E-state index >= 15 is 0 Å². The Kier molecular flexibility index (Phi) is 3.05. The molecule has 2 aromatic rings. The Labute approximate surface area is 99.1 Å². The van der Waals surface area contributed by atoms with Gasteiger partial charge < -0.3 is 5.73 Å². The summed E-state index contributed by atoms with van der Waals surface area (Å²) in [5.74, 6) is 0.431. The van der Waals surface area contributed by atoms with Crippen LogP contribution in [-0.4, -0.2) is 14.8 Å². The highest BCUT2D eigenvalue weighted by molar-refractivity contribution is 7.71. The van der Waals surface area contributed by atoms with Gasteiger partial charge >= 0.3 is 0 Å². The Morgan fingerprint density at radius 1 is 1.44 bits per heavy atom. The second kappa shape index (κ2) is 4.49. The fourth-order valence-corrected chi connectivity index (χ4v) is 2.13. The Morgan fingerprint density at radius 3 is 2.62 bits per heavy atom. The van der Waals surface area contributed by atoms with Crippen molar-refractivity contribution in [3.8, 4) is 0 Å². The smallest absolute Gasteiger partial charge is 0.221 e. The van der Waals surface area contributed by atoms with Crippen molar-refractivity contribution in [1.82, 2.24) is 14.8 Å². The molecule has 1 aromatic carbocycles. The van der Waals surface area contributed by atoms with Crippen molar-refractivity contribution in [2.45, 2.75) is 19.4 Å². The van der Waals surface area contributed by atoms with Gasteiger partial charge in [0.15, 0.2) is 4.77 Å². The SMILES string of the molecule is CCC(c1ccccc1)n1c(N)n[nH]c1=S. The molecule has 0 saturated carbocycles. The number of nitrogens with zero attached hydrogens (tertiary/aromatic N) is 2. The predicted octanol–water partition coefficient (Wildman–Crippen LogP) is 2.52. The highest BCUT2D eigenvalue weighted by Crippen LogP contribution is 2.23. The van der Waals surface area contributed by atoms with Crippen molar-refractivity contribution in [1.29, 1.82) is 0 Å². The summed E-state index contributed by atoms with van der Waals surface area (Å²) in [6.45, 7) is 2.10. The molecule has 0 aliphatic rings. The van der Waals surface area contributed by atoms with Crippen LogP contribution in [0.1, 0.15) is 24.9 Å². The molecule has 1 heterocycles. The fourth-order valence-electron chi connectivity index (χ4n) is 1.86. The Bertz CT molecular complexity index is 514. The molecule has 1 atom stereocenters. The molecule has 0 saturated heterocycles. The number of anilines is 1. The van der Waals surface area contributed by atoms with Gasteiger partial charge in [0.1, 0.15) is 0 Å². The van der Waals surface area contributed by atoms with E-state index in [1.165, 1.54) is 5.56 Å². The van der Waals surface area contributed by atoms with E-state index in [-0.39, 0.29) is 6.04 Å². The van der Waals surface area contributed by atoms with Crippen molar-refractivity contribution in [3.05, 3.63) is 40.7 Å². The third-order valence-corrected chi connectivity index (χ3v) is 2.90. The Balaban J connectivity index is 2.49. The summed E-state index contributed by atoms with van der Waals surface area (Å²) >= 11 is 5.18. The van der Waals surface area contributed by atoms with Crippen molar-refractivity contribution < 1.29 is 0 Å². The van der Waals surface area contributed by atoms with Gasteiger partial charge in [-0.05, 0) is 24.2 Å². The quantitative estimate of drug-likeness (QED) is 0.802. The summed E-state index contributed by atoms with van der Waals surface area (Å²) in [6.07, 6.45) is 0.919. The molecule has 0 radical (unpaired) electrons. The molecular weight excluding hydrogens is 220 g/mol. The summed E-state index contributed by atoms with van der Waals surface area (Å²) in [7, 11) is 0. The van der Waals surface area contributed by atoms with E-state index in [4.69, 9.17) is 18.0 Å². The molecule has 3 N–H and O–H groups in total. The lowest BCUT2D eigenvalue weighted by Crippen LogP contribution is -2.12. The molecule has 2 rings (SSSR count). The first-order valence-corrected chi connectivity index (χ1v) is 5.62. The summed E-state index contributed by atoms with van der Waals surface area (Å²) in [6, 6.07) is 10.3. The van der Waals surface area contributed by atoms with E-state index in [9.17, 15) is 0 Å². The first kappa shape index (κ1) is 10.9.